The molecule has 1 aliphatic heterocycles. The van der Waals surface area contributed by atoms with Gasteiger partial charge in [-0.25, -0.2) is 4.39 Å². The van der Waals surface area contributed by atoms with Crippen LogP contribution in [0.25, 0.3) is 0 Å². The largest absolute Gasteiger partial charge is 0.493 e. The molecule has 1 amide bonds. The molecule has 6 nitrogen and oxygen atoms in total. The Kier molecular flexibility index (Phi) is 5.49. The average molecular weight is 380 g/mol. The molecule has 1 aliphatic rings. The van der Waals surface area contributed by atoms with E-state index in [1.165, 1.54) is 43.5 Å². The van der Waals surface area contributed by atoms with Crippen molar-refractivity contribution in [1.82, 2.24) is 0 Å². The molecule has 0 unspecified atom stereocenters. The molecule has 1 N–H and O–H groups in total. The van der Waals surface area contributed by atoms with Crippen molar-refractivity contribution in [1.29, 1.82) is 0 Å². The number of alkyl halides is 2. The molecule has 1 heterocycles. The van der Waals surface area contributed by atoms with Gasteiger partial charge in [0, 0.05) is 23.7 Å². The summed E-state index contributed by atoms with van der Waals surface area (Å²) in [5, 5.41) is 6.36. The van der Waals surface area contributed by atoms with Crippen LogP contribution in [-0.2, 0) is 9.63 Å². The lowest BCUT2D eigenvalue weighted by molar-refractivity contribution is -0.125. The first kappa shape index (κ1) is 18.6. The Hall–Kier alpha value is -3.23. The van der Waals surface area contributed by atoms with Crippen LogP contribution in [0, 0.1) is 5.82 Å². The summed E-state index contributed by atoms with van der Waals surface area (Å²) in [6.07, 6.45) is -0.781. The van der Waals surface area contributed by atoms with Gasteiger partial charge in [-0.1, -0.05) is 17.3 Å². The Morgan fingerprint density at radius 2 is 2.07 bits per heavy atom. The first-order chi connectivity index (χ1) is 13.0. The monoisotopic (exact) mass is 380 g/mol. The Balaban J connectivity index is 1.66. The number of carbonyl (C=O) groups excluding carboxylic acids is 1. The van der Waals surface area contributed by atoms with Crippen LogP contribution in [0.5, 0.6) is 11.5 Å². The van der Waals surface area contributed by atoms with E-state index in [0.29, 0.717) is 11.3 Å². The van der Waals surface area contributed by atoms with Crippen LogP contribution < -0.4 is 14.8 Å². The number of anilines is 1. The number of amides is 1. The molecule has 0 bridgehead atoms. The van der Waals surface area contributed by atoms with Crippen molar-refractivity contribution in [2.75, 3.05) is 12.4 Å². The molecule has 0 fully saturated rings. The molecule has 2 aromatic carbocycles. The zero-order chi connectivity index (χ0) is 19.4. The molecule has 0 aliphatic carbocycles. The summed E-state index contributed by atoms with van der Waals surface area (Å²) in [5.74, 6) is -1.07. The summed E-state index contributed by atoms with van der Waals surface area (Å²) >= 11 is 0. The summed E-state index contributed by atoms with van der Waals surface area (Å²) in [6.45, 7) is -3.04. The second kappa shape index (κ2) is 7.98. The Labute approximate surface area is 152 Å². The molecular weight excluding hydrogens is 365 g/mol. The quantitative estimate of drug-likeness (QED) is 0.832. The predicted molar refractivity (Wildman–Crippen MR) is 90.7 cm³/mol. The Morgan fingerprint density at radius 1 is 1.26 bits per heavy atom. The van der Waals surface area contributed by atoms with Crippen molar-refractivity contribution in [3.63, 3.8) is 0 Å². The summed E-state index contributed by atoms with van der Waals surface area (Å²) in [5.41, 5.74) is 1.17. The fourth-order valence-corrected chi connectivity index (χ4v) is 2.52. The predicted octanol–water partition coefficient (Wildman–Crippen LogP) is 3.57. The number of nitrogens with one attached hydrogen (secondary N) is 1. The van der Waals surface area contributed by atoms with Crippen LogP contribution in [0.15, 0.2) is 47.6 Å². The Morgan fingerprint density at radius 3 is 2.78 bits per heavy atom. The minimum absolute atomic E-state index is 0.0992. The molecule has 0 aromatic heterocycles. The van der Waals surface area contributed by atoms with Crippen molar-refractivity contribution in [3.05, 3.63) is 53.8 Å². The van der Waals surface area contributed by atoms with E-state index in [9.17, 15) is 18.0 Å². The lowest BCUT2D eigenvalue weighted by atomic mass is 10.0. The van der Waals surface area contributed by atoms with Crippen LogP contribution in [0.2, 0.25) is 0 Å². The van der Waals surface area contributed by atoms with Gasteiger partial charge in [0.05, 0.1) is 12.8 Å². The highest BCUT2D eigenvalue weighted by molar-refractivity contribution is 6.06. The normalized spacial score (nSPS) is 15.9. The van der Waals surface area contributed by atoms with Gasteiger partial charge in [0.2, 0.25) is 6.10 Å². The molecule has 3 rings (SSSR count). The number of oxime groups is 1. The van der Waals surface area contributed by atoms with Gasteiger partial charge in [0.25, 0.3) is 5.91 Å². The van der Waals surface area contributed by atoms with Crippen LogP contribution in [0.4, 0.5) is 18.9 Å². The van der Waals surface area contributed by atoms with Gasteiger partial charge in [-0.2, -0.15) is 8.78 Å². The third kappa shape index (κ3) is 4.49. The maximum Gasteiger partial charge on any atom is 0.387 e. The van der Waals surface area contributed by atoms with Gasteiger partial charge >= 0.3 is 6.61 Å². The molecular formula is C18H15F3N2O4. The summed E-state index contributed by atoms with van der Waals surface area (Å²) < 4.78 is 47.6. The minimum Gasteiger partial charge on any atom is -0.493 e. The minimum atomic E-state index is -3.04. The van der Waals surface area contributed by atoms with Crippen LogP contribution >= 0.6 is 0 Å². The first-order valence-electron chi connectivity index (χ1n) is 7.88. The lowest BCUT2D eigenvalue weighted by Gasteiger charge is -2.13. The number of nitrogens with zero attached hydrogens (tertiary/aromatic N) is 1. The van der Waals surface area contributed by atoms with Gasteiger partial charge < -0.3 is 19.6 Å². The van der Waals surface area contributed by atoms with Gasteiger partial charge in [-0.15, -0.1) is 0 Å². The lowest BCUT2D eigenvalue weighted by Crippen LogP contribution is -2.28. The number of carbonyl (C=O) groups is 1. The van der Waals surface area contributed by atoms with Crippen molar-refractivity contribution in [2.24, 2.45) is 5.16 Å². The van der Waals surface area contributed by atoms with E-state index < -0.39 is 24.4 Å². The highest BCUT2D eigenvalue weighted by Crippen LogP contribution is 2.31. The number of methoxy groups -OCH3 is 1. The van der Waals surface area contributed by atoms with Crippen molar-refractivity contribution < 1.29 is 32.3 Å². The van der Waals surface area contributed by atoms with Crippen LogP contribution in [0.3, 0.4) is 0 Å². The molecule has 0 saturated carbocycles. The smallest absolute Gasteiger partial charge is 0.387 e. The summed E-state index contributed by atoms with van der Waals surface area (Å²) in [6, 6.07) is 9.85. The van der Waals surface area contributed by atoms with E-state index in [1.807, 2.05) is 0 Å². The van der Waals surface area contributed by atoms with E-state index >= 15 is 0 Å². The third-order valence-corrected chi connectivity index (χ3v) is 3.77. The molecule has 27 heavy (non-hydrogen) atoms. The second-order valence-electron chi connectivity index (χ2n) is 5.58. The zero-order valence-corrected chi connectivity index (χ0v) is 14.1. The van der Waals surface area contributed by atoms with Gasteiger partial charge in [0.1, 0.15) is 5.82 Å². The van der Waals surface area contributed by atoms with E-state index in [0.717, 1.165) is 0 Å². The third-order valence-electron chi connectivity index (χ3n) is 3.77. The number of halogens is 3. The fraction of sp³-hybridized carbons (Fsp3) is 0.222. The van der Waals surface area contributed by atoms with Gasteiger partial charge in [-0.05, 0) is 24.3 Å². The van der Waals surface area contributed by atoms with E-state index in [2.05, 4.69) is 15.2 Å². The van der Waals surface area contributed by atoms with Crippen molar-refractivity contribution in [3.8, 4) is 11.5 Å². The number of hydrogen-bond acceptors (Lipinski definition) is 5. The molecule has 0 saturated heterocycles. The van der Waals surface area contributed by atoms with Crippen LogP contribution in [0.1, 0.15) is 12.0 Å². The maximum atomic E-state index is 13.3. The number of benzene rings is 2. The van der Waals surface area contributed by atoms with E-state index in [1.54, 1.807) is 6.07 Å². The SMILES string of the molecule is COc1ccc(NC(=O)[C@@H]2CC(c3cccc(F)c3)=NO2)cc1OC(F)F. The van der Waals surface area contributed by atoms with Gasteiger partial charge in [0.15, 0.2) is 11.5 Å². The van der Waals surface area contributed by atoms with E-state index in [-0.39, 0.29) is 23.6 Å². The highest BCUT2D eigenvalue weighted by Gasteiger charge is 2.29. The second-order valence-corrected chi connectivity index (χ2v) is 5.58. The number of rotatable bonds is 6. The Bertz CT molecular complexity index is 873. The molecule has 0 spiro atoms. The highest BCUT2D eigenvalue weighted by atomic mass is 19.3. The molecule has 9 heteroatoms. The molecule has 2 aromatic rings. The molecule has 1 atom stereocenters. The topological polar surface area (TPSA) is 69.2 Å². The maximum absolute atomic E-state index is 13.3. The molecule has 142 valence electrons. The average Bonchev–Trinajstić information content (AvgIpc) is 3.12. The van der Waals surface area contributed by atoms with Crippen molar-refractivity contribution >= 4 is 17.3 Å². The standard InChI is InChI=1S/C18H15F3N2O4/c1-25-14-6-5-12(8-15(14)26-18(20)21)22-17(24)16-9-13(23-27-16)10-3-2-4-11(19)7-10/h2-8,16,18H,9H2,1H3,(H,22,24)/t16-/m0/s1. The fourth-order valence-electron chi connectivity index (χ4n) is 2.52. The molecule has 0 radical (unpaired) electrons. The number of hydrogen-bond donors (Lipinski definition) is 1. The van der Waals surface area contributed by atoms with Crippen molar-refractivity contribution in [2.45, 2.75) is 19.1 Å². The van der Waals surface area contributed by atoms with Crippen LogP contribution in [-0.4, -0.2) is 31.4 Å². The zero-order valence-electron chi connectivity index (χ0n) is 14.1. The first-order valence-corrected chi connectivity index (χ1v) is 7.88. The van der Waals surface area contributed by atoms with E-state index in [4.69, 9.17) is 9.57 Å². The summed E-state index contributed by atoms with van der Waals surface area (Å²) in [4.78, 5) is 17.5. The number of ether oxygens (including phenoxy) is 2. The summed E-state index contributed by atoms with van der Waals surface area (Å²) in [7, 11) is 1.31. The van der Waals surface area contributed by atoms with Gasteiger partial charge in [-0.3, -0.25) is 4.79 Å².